The molecule has 1 heterocycles. The molecule has 18 heavy (non-hydrogen) atoms. The molecule has 0 amide bonds. The molecule has 1 aromatic heterocycles. The fraction of sp³-hybridized carbons (Fsp3) is 0.400. The molecule has 3 nitrogen and oxygen atoms in total. The first-order chi connectivity index (χ1) is 8.66. The van der Waals surface area contributed by atoms with Crippen LogP contribution >= 0.6 is 0 Å². The Balaban J connectivity index is 1.85. The van der Waals surface area contributed by atoms with E-state index in [1.807, 2.05) is 24.7 Å². The molecule has 0 saturated carbocycles. The van der Waals surface area contributed by atoms with Gasteiger partial charge in [-0.25, -0.2) is 0 Å². The third-order valence-corrected chi connectivity index (χ3v) is 3.24. The lowest BCUT2D eigenvalue weighted by molar-refractivity contribution is 0.559. The maximum atomic E-state index is 6.21. The second kappa shape index (κ2) is 5.83. The normalized spacial score (nSPS) is 12.6. The Kier molecular flexibility index (Phi) is 4.15. The Labute approximate surface area is 109 Å². The van der Waals surface area contributed by atoms with Gasteiger partial charge >= 0.3 is 0 Å². The van der Waals surface area contributed by atoms with Crippen molar-refractivity contribution in [2.45, 2.75) is 32.2 Å². The van der Waals surface area contributed by atoms with Crippen LogP contribution < -0.4 is 5.73 Å². The van der Waals surface area contributed by atoms with Crippen molar-refractivity contribution in [2.75, 3.05) is 0 Å². The van der Waals surface area contributed by atoms with Crippen molar-refractivity contribution in [3.8, 4) is 0 Å². The van der Waals surface area contributed by atoms with Gasteiger partial charge in [-0.3, -0.25) is 4.68 Å². The SMILES string of the molecule is Cc1cc(C(N)CCCc2ccccc2)n(C)n1. The van der Waals surface area contributed by atoms with Gasteiger partial charge < -0.3 is 5.73 Å². The van der Waals surface area contributed by atoms with Gasteiger partial charge in [0.2, 0.25) is 0 Å². The van der Waals surface area contributed by atoms with E-state index in [0.717, 1.165) is 30.7 Å². The van der Waals surface area contributed by atoms with Crippen LogP contribution in [-0.4, -0.2) is 9.78 Å². The highest BCUT2D eigenvalue weighted by atomic mass is 15.3. The van der Waals surface area contributed by atoms with Crippen LogP contribution in [0.25, 0.3) is 0 Å². The van der Waals surface area contributed by atoms with Crippen molar-refractivity contribution in [3.05, 3.63) is 53.3 Å². The number of hydrogen-bond donors (Lipinski definition) is 1. The third kappa shape index (κ3) is 3.20. The summed E-state index contributed by atoms with van der Waals surface area (Å²) in [6, 6.07) is 12.7. The van der Waals surface area contributed by atoms with Crippen molar-refractivity contribution >= 4 is 0 Å². The minimum Gasteiger partial charge on any atom is -0.323 e. The van der Waals surface area contributed by atoms with Crippen LogP contribution in [0.5, 0.6) is 0 Å². The molecule has 0 aliphatic heterocycles. The van der Waals surface area contributed by atoms with E-state index in [-0.39, 0.29) is 6.04 Å². The summed E-state index contributed by atoms with van der Waals surface area (Å²) in [6.45, 7) is 2.00. The third-order valence-electron chi connectivity index (χ3n) is 3.24. The average Bonchev–Trinajstić information content (AvgIpc) is 2.70. The second-order valence-electron chi connectivity index (χ2n) is 4.82. The molecule has 0 radical (unpaired) electrons. The van der Waals surface area contributed by atoms with Crippen molar-refractivity contribution < 1.29 is 0 Å². The van der Waals surface area contributed by atoms with E-state index in [0.29, 0.717) is 0 Å². The highest BCUT2D eigenvalue weighted by Crippen LogP contribution is 2.17. The Hall–Kier alpha value is -1.61. The summed E-state index contributed by atoms with van der Waals surface area (Å²) in [5, 5.41) is 4.34. The zero-order chi connectivity index (χ0) is 13.0. The molecular weight excluding hydrogens is 222 g/mol. The summed E-state index contributed by atoms with van der Waals surface area (Å²) in [5.41, 5.74) is 9.75. The minimum absolute atomic E-state index is 0.0833. The van der Waals surface area contributed by atoms with Crippen LogP contribution in [0.3, 0.4) is 0 Å². The van der Waals surface area contributed by atoms with Crippen molar-refractivity contribution in [2.24, 2.45) is 12.8 Å². The van der Waals surface area contributed by atoms with Crippen molar-refractivity contribution in [1.82, 2.24) is 9.78 Å². The summed E-state index contributed by atoms with van der Waals surface area (Å²) in [4.78, 5) is 0. The van der Waals surface area contributed by atoms with Crippen LogP contribution in [-0.2, 0) is 13.5 Å². The Morgan fingerprint density at radius 3 is 2.61 bits per heavy atom. The molecule has 3 heteroatoms. The van der Waals surface area contributed by atoms with E-state index < -0.39 is 0 Å². The van der Waals surface area contributed by atoms with Crippen LogP contribution in [0.15, 0.2) is 36.4 Å². The number of nitrogens with zero attached hydrogens (tertiary/aromatic N) is 2. The standard InChI is InChI=1S/C15H21N3/c1-12-11-15(18(2)17-12)14(16)10-6-9-13-7-4-3-5-8-13/h3-5,7-8,11,14H,6,9-10,16H2,1-2H3. The van der Waals surface area contributed by atoms with Crippen molar-refractivity contribution in [1.29, 1.82) is 0 Å². The zero-order valence-electron chi connectivity index (χ0n) is 11.1. The molecule has 0 saturated heterocycles. The number of hydrogen-bond acceptors (Lipinski definition) is 2. The summed E-state index contributed by atoms with van der Waals surface area (Å²) in [5.74, 6) is 0. The van der Waals surface area contributed by atoms with E-state index in [4.69, 9.17) is 5.73 Å². The van der Waals surface area contributed by atoms with E-state index in [9.17, 15) is 0 Å². The first-order valence-electron chi connectivity index (χ1n) is 6.47. The van der Waals surface area contributed by atoms with Gasteiger partial charge in [-0.2, -0.15) is 5.10 Å². The maximum Gasteiger partial charge on any atom is 0.0597 e. The van der Waals surface area contributed by atoms with Gasteiger partial charge in [0.05, 0.1) is 11.4 Å². The van der Waals surface area contributed by atoms with E-state index >= 15 is 0 Å². The molecule has 1 aromatic carbocycles. The molecule has 0 bridgehead atoms. The average molecular weight is 243 g/mol. The minimum atomic E-state index is 0.0833. The predicted molar refractivity (Wildman–Crippen MR) is 74.3 cm³/mol. The van der Waals surface area contributed by atoms with Gasteiger partial charge in [0.15, 0.2) is 0 Å². The number of aryl methyl sites for hydroxylation is 3. The van der Waals surface area contributed by atoms with Gasteiger partial charge in [0, 0.05) is 13.1 Å². The Bertz CT molecular complexity index is 488. The summed E-state index contributed by atoms with van der Waals surface area (Å²) in [7, 11) is 1.96. The van der Waals surface area contributed by atoms with Gasteiger partial charge in [0.25, 0.3) is 0 Å². The van der Waals surface area contributed by atoms with E-state index in [1.165, 1.54) is 5.56 Å². The molecule has 2 aromatic rings. The number of benzene rings is 1. The maximum absolute atomic E-state index is 6.21. The van der Waals surface area contributed by atoms with Gasteiger partial charge in [-0.05, 0) is 37.8 Å². The Morgan fingerprint density at radius 2 is 2.00 bits per heavy atom. The van der Waals surface area contributed by atoms with Gasteiger partial charge in [-0.1, -0.05) is 30.3 Å². The topological polar surface area (TPSA) is 43.8 Å². The fourth-order valence-corrected chi connectivity index (χ4v) is 2.30. The van der Waals surface area contributed by atoms with E-state index in [1.54, 1.807) is 0 Å². The Morgan fingerprint density at radius 1 is 1.28 bits per heavy atom. The molecule has 1 unspecified atom stereocenters. The molecule has 2 N–H and O–H groups in total. The van der Waals surface area contributed by atoms with Crippen LogP contribution in [0, 0.1) is 6.92 Å². The molecule has 2 rings (SSSR count). The molecular formula is C15H21N3. The molecule has 0 fully saturated rings. The van der Waals surface area contributed by atoms with Crippen LogP contribution in [0.4, 0.5) is 0 Å². The largest absolute Gasteiger partial charge is 0.323 e. The fourth-order valence-electron chi connectivity index (χ4n) is 2.30. The van der Waals surface area contributed by atoms with Gasteiger partial charge in [0.1, 0.15) is 0 Å². The highest BCUT2D eigenvalue weighted by molar-refractivity contribution is 5.15. The number of aromatic nitrogens is 2. The van der Waals surface area contributed by atoms with E-state index in [2.05, 4.69) is 35.4 Å². The summed E-state index contributed by atoms with van der Waals surface area (Å²) >= 11 is 0. The predicted octanol–water partition coefficient (Wildman–Crippen LogP) is 2.75. The smallest absolute Gasteiger partial charge is 0.0597 e. The lowest BCUT2D eigenvalue weighted by Gasteiger charge is -2.11. The first-order valence-corrected chi connectivity index (χ1v) is 6.47. The lowest BCUT2D eigenvalue weighted by atomic mass is 10.0. The molecule has 0 aliphatic rings. The number of nitrogens with two attached hydrogens (primary N) is 1. The summed E-state index contributed by atoms with van der Waals surface area (Å²) in [6.07, 6.45) is 3.19. The van der Waals surface area contributed by atoms with Gasteiger partial charge in [-0.15, -0.1) is 0 Å². The molecule has 0 aliphatic carbocycles. The first kappa shape index (κ1) is 12.8. The van der Waals surface area contributed by atoms with Crippen LogP contribution in [0.1, 0.15) is 35.8 Å². The van der Waals surface area contributed by atoms with Crippen LogP contribution in [0.2, 0.25) is 0 Å². The highest BCUT2D eigenvalue weighted by Gasteiger charge is 2.11. The quantitative estimate of drug-likeness (QED) is 0.877. The molecule has 96 valence electrons. The summed E-state index contributed by atoms with van der Waals surface area (Å²) < 4.78 is 1.89. The molecule has 0 spiro atoms. The van der Waals surface area contributed by atoms with Crippen molar-refractivity contribution in [3.63, 3.8) is 0 Å². The monoisotopic (exact) mass is 243 g/mol. The second-order valence-corrected chi connectivity index (χ2v) is 4.82. The lowest BCUT2D eigenvalue weighted by Crippen LogP contribution is -2.14. The zero-order valence-corrected chi connectivity index (χ0v) is 11.1. The number of rotatable bonds is 5. The molecule has 1 atom stereocenters.